The Bertz CT molecular complexity index is 355. The summed E-state index contributed by atoms with van der Waals surface area (Å²) in [6, 6.07) is 6.70. The van der Waals surface area contributed by atoms with Crippen LogP contribution in [0, 0.1) is 5.82 Å². The van der Waals surface area contributed by atoms with Crippen LogP contribution in [0.3, 0.4) is 0 Å². The fourth-order valence-corrected chi connectivity index (χ4v) is 2.73. The lowest BCUT2D eigenvalue weighted by Gasteiger charge is -2.29. The number of nitrogens with two attached hydrogens (primary N) is 1. The van der Waals surface area contributed by atoms with Crippen LogP contribution in [0.5, 0.6) is 0 Å². The fraction of sp³-hybridized carbons (Fsp3) is 0.571. The Morgan fingerprint density at radius 1 is 1.24 bits per heavy atom. The van der Waals surface area contributed by atoms with Crippen LogP contribution in [-0.4, -0.2) is 24.0 Å². The molecule has 3 heteroatoms. The van der Waals surface area contributed by atoms with Gasteiger partial charge in [-0.2, -0.15) is 0 Å². The Morgan fingerprint density at radius 3 is 2.41 bits per heavy atom. The molecule has 1 aromatic carbocycles. The van der Waals surface area contributed by atoms with Gasteiger partial charge in [-0.1, -0.05) is 25.0 Å². The molecule has 94 valence electrons. The Balaban J connectivity index is 1.88. The molecule has 0 atom stereocenters. The standard InChI is InChI=1S/C14H21FN2/c1-17(11-14(16)8-2-3-9-14)10-12-4-6-13(15)7-5-12/h4-7H,2-3,8-11,16H2,1H3. The van der Waals surface area contributed by atoms with E-state index < -0.39 is 0 Å². The molecule has 2 nitrogen and oxygen atoms in total. The van der Waals surface area contributed by atoms with Crippen LogP contribution in [0.15, 0.2) is 24.3 Å². The second-order valence-electron chi connectivity index (χ2n) is 5.37. The van der Waals surface area contributed by atoms with Crippen molar-refractivity contribution in [3.05, 3.63) is 35.6 Å². The van der Waals surface area contributed by atoms with Gasteiger partial charge in [-0.25, -0.2) is 4.39 Å². The third kappa shape index (κ3) is 3.51. The highest BCUT2D eigenvalue weighted by Crippen LogP contribution is 2.27. The first-order valence-electron chi connectivity index (χ1n) is 6.29. The molecular formula is C14H21FN2. The molecule has 0 spiro atoms. The van der Waals surface area contributed by atoms with Crippen molar-refractivity contribution in [3.8, 4) is 0 Å². The van der Waals surface area contributed by atoms with E-state index in [0.717, 1.165) is 31.5 Å². The molecule has 2 N–H and O–H groups in total. The number of hydrogen-bond donors (Lipinski definition) is 1. The van der Waals surface area contributed by atoms with Crippen LogP contribution in [0.2, 0.25) is 0 Å². The second kappa shape index (κ2) is 5.15. The minimum atomic E-state index is -0.178. The van der Waals surface area contributed by atoms with Crippen molar-refractivity contribution in [1.29, 1.82) is 0 Å². The Morgan fingerprint density at radius 2 is 1.82 bits per heavy atom. The SMILES string of the molecule is CN(Cc1ccc(F)cc1)CC1(N)CCCC1. The zero-order valence-electron chi connectivity index (χ0n) is 10.5. The molecule has 1 aliphatic rings. The van der Waals surface area contributed by atoms with E-state index in [4.69, 9.17) is 5.73 Å². The molecule has 0 heterocycles. The molecule has 1 aromatic rings. The summed E-state index contributed by atoms with van der Waals surface area (Å²) in [4.78, 5) is 2.23. The van der Waals surface area contributed by atoms with E-state index >= 15 is 0 Å². The zero-order chi connectivity index (χ0) is 12.3. The number of rotatable bonds is 4. The van der Waals surface area contributed by atoms with Gasteiger partial charge in [0.25, 0.3) is 0 Å². The van der Waals surface area contributed by atoms with Crippen molar-refractivity contribution in [2.75, 3.05) is 13.6 Å². The summed E-state index contributed by atoms with van der Waals surface area (Å²) in [5, 5.41) is 0. The molecule has 0 aromatic heterocycles. The summed E-state index contributed by atoms with van der Waals surface area (Å²) in [6.07, 6.45) is 4.75. The first-order chi connectivity index (χ1) is 8.07. The van der Waals surface area contributed by atoms with Crippen molar-refractivity contribution < 1.29 is 4.39 Å². The topological polar surface area (TPSA) is 29.3 Å². The predicted octanol–water partition coefficient (Wildman–Crippen LogP) is 2.53. The summed E-state index contributed by atoms with van der Waals surface area (Å²) in [6.45, 7) is 1.75. The maximum atomic E-state index is 12.8. The van der Waals surface area contributed by atoms with Crippen molar-refractivity contribution in [2.45, 2.75) is 37.8 Å². The average Bonchev–Trinajstić information content (AvgIpc) is 2.68. The molecule has 1 saturated carbocycles. The largest absolute Gasteiger partial charge is 0.324 e. The summed E-state index contributed by atoms with van der Waals surface area (Å²) < 4.78 is 12.8. The van der Waals surface area contributed by atoms with Crippen LogP contribution in [0.4, 0.5) is 4.39 Å². The lowest BCUT2D eigenvalue weighted by Crippen LogP contribution is -2.46. The summed E-state index contributed by atoms with van der Waals surface area (Å²) in [5.41, 5.74) is 7.47. The fourth-order valence-electron chi connectivity index (χ4n) is 2.73. The van der Waals surface area contributed by atoms with Gasteiger partial charge >= 0.3 is 0 Å². The van der Waals surface area contributed by atoms with Crippen molar-refractivity contribution in [2.24, 2.45) is 5.73 Å². The molecule has 0 aliphatic heterocycles. The minimum absolute atomic E-state index is 0.00518. The van der Waals surface area contributed by atoms with Gasteiger partial charge in [0.2, 0.25) is 0 Å². The summed E-state index contributed by atoms with van der Waals surface area (Å²) in [5.74, 6) is -0.178. The summed E-state index contributed by atoms with van der Waals surface area (Å²) >= 11 is 0. The van der Waals surface area contributed by atoms with Crippen LogP contribution >= 0.6 is 0 Å². The number of hydrogen-bond acceptors (Lipinski definition) is 2. The molecule has 1 fully saturated rings. The first kappa shape index (κ1) is 12.5. The minimum Gasteiger partial charge on any atom is -0.324 e. The number of halogens is 1. The van der Waals surface area contributed by atoms with E-state index in [0.29, 0.717) is 0 Å². The van der Waals surface area contributed by atoms with E-state index in [1.165, 1.54) is 25.0 Å². The molecule has 17 heavy (non-hydrogen) atoms. The summed E-state index contributed by atoms with van der Waals surface area (Å²) in [7, 11) is 2.08. The molecule has 0 radical (unpaired) electrons. The van der Waals surface area contributed by atoms with E-state index in [9.17, 15) is 4.39 Å². The van der Waals surface area contributed by atoms with Crippen LogP contribution in [-0.2, 0) is 6.54 Å². The number of benzene rings is 1. The maximum absolute atomic E-state index is 12.8. The van der Waals surface area contributed by atoms with Gasteiger partial charge in [0, 0.05) is 18.6 Å². The molecule has 0 saturated heterocycles. The third-order valence-corrected chi connectivity index (χ3v) is 3.55. The zero-order valence-corrected chi connectivity index (χ0v) is 10.5. The molecule has 1 aliphatic carbocycles. The molecule has 0 unspecified atom stereocenters. The van der Waals surface area contributed by atoms with Crippen LogP contribution < -0.4 is 5.73 Å². The quantitative estimate of drug-likeness (QED) is 0.870. The van der Waals surface area contributed by atoms with Gasteiger partial charge in [-0.05, 0) is 37.6 Å². The lowest BCUT2D eigenvalue weighted by atomic mass is 9.98. The van der Waals surface area contributed by atoms with Gasteiger partial charge in [0.05, 0.1) is 0 Å². The monoisotopic (exact) mass is 236 g/mol. The van der Waals surface area contributed by atoms with E-state index in [1.807, 2.05) is 12.1 Å². The number of nitrogens with zero attached hydrogens (tertiary/aromatic N) is 1. The molecule has 0 amide bonds. The van der Waals surface area contributed by atoms with Gasteiger partial charge in [-0.3, -0.25) is 0 Å². The van der Waals surface area contributed by atoms with E-state index in [2.05, 4.69) is 11.9 Å². The van der Waals surface area contributed by atoms with E-state index in [1.54, 1.807) is 0 Å². The van der Waals surface area contributed by atoms with E-state index in [-0.39, 0.29) is 11.4 Å². The normalized spacial score (nSPS) is 18.8. The Labute approximate surface area is 103 Å². The van der Waals surface area contributed by atoms with Crippen LogP contribution in [0.1, 0.15) is 31.2 Å². The molecular weight excluding hydrogens is 215 g/mol. The van der Waals surface area contributed by atoms with Crippen molar-refractivity contribution >= 4 is 0 Å². The predicted molar refractivity (Wildman–Crippen MR) is 68.1 cm³/mol. The smallest absolute Gasteiger partial charge is 0.123 e. The van der Waals surface area contributed by atoms with Gasteiger partial charge in [0.1, 0.15) is 5.82 Å². The first-order valence-corrected chi connectivity index (χ1v) is 6.29. The molecule has 0 bridgehead atoms. The second-order valence-corrected chi connectivity index (χ2v) is 5.37. The third-order valence-electron chi connectivity index (χ3n) is 3.55. The number of likely N-dealkylation sites (N-methyl/N-ethyl adjacent to an activating group) is 1. The Kier molecular flexibility index (Phi) is 3.79. The van der Waals surface area contributed by atoms with Gasteiger partial charge < -0.3 is 10.6 Å². The average molecular weight is 236 g/mol. The lowest BCUT2D eigenvalue weighted by molar-refractivity contribution is 0.241. The van der Waals surface area contributed by atoms with Crippen molar-refractivity contribution in [3.63, 3.8) is 0 Å². The van der Waals surface area contributed by atoms with Crippen LogP contribution in [0.25, 0.3) is 0 Å². The van der Waals surface area contributed by atoms with Gasteiger partial charge in [0.15, 0.2) is 0 Å². The highest BCUT2D eigenvalue weighted by atomic mass is 19.1. The molecule has 2 rings (SSSR count). The maximum Gasteiger partial charge on any atom is 0.123 e. The Hall–Kier alpha value is -0.930. The highest BCUT2D eigenvalue weighted by molar-refractivity contribution is 5.15. The van der Waals surface area contributed by atoms with Crippen molar-refractivity contribution in [1.82, 2.24) is 4.90 Å². The highest BCUT2D eigenvalue weighted by Gasteiger charge is 2.30. The van der Waals surface area contributed by atoms with Gasteiger partial charge in [-0.15, -0.1) is 0 Å².